The molecule has 5 N–H and O–H groups in total. The first-order chi connectivity index (χ1) is 9.46. The Labute approximate surface area is 111 Å². The summed E-state index contributed by atoms with van der Waals surface area (Å²) in [6.07, 6.45) is -2.35. The van der Waals surface area contributed by atoms with Crippen LogP contribution in [0.1, 0.15) is 6.23 Å². The standard InChI is InChI=1S/C10H12FN5O4/c11-10(19)4(1-17)20-9(6(10)18)16-3-15-5-7(12)13-2-14-8(5)16/h2-4,6,9,17-19H,1H2,(H2,12,13,14)/t4-,6+,9-,10-/m1/s1. The van der Waals surface area contributed by atoms with Gasteiger partial charge in [0.15, 0.2) is 23.8 Å². The molecule has 0 aromatic carbocycles. The summed E-state index contributed by atoms with van der Waals surface area (Å²) in [5.41, 5.74) is 6.10. The topological polar surface area (TPSA) is 140 Å². The van der Waals surface area contributed by atoms with Gasteiger partial charge in [0, 0.05) is 0 Å². The van der Waals surface area contributed by atoms with Crippen LogP contribution in [0.5, 0.6) is 0 Å². The van der Waals surface area contributed by atoms with Crippen molar-refractivity contribution in [2.45, 2.75) is 24.3 Å². The number of fused-ring (bicyclic) bond motifs is 1. The van der Waals surface area contributed by atoms with Crippen molar-refractivity contribution in [1.29, 1.82) is 0 Å². The molecule has 0 bridgehead atoms. The highest BCUT2D eigenvalue weighted by Crippen LogP contribution is 2.39. The predicted molar refractivity (Wildman–Crippen MR) is 62.8 cm³/mol. The number of hydrogen-bond donors (Lipinski definition) is 4. The van der Waals surface area contributed by atoms with Crippen molar-refractivity contribution >= 4 is 17.0 Å². The van der Waals surface area contributed by atoms with Crippen molar-refractivity contribution in [3.63, 3.8) is 0 Å². The Bertz CT molecular complexity index is 648. The zero-order valence-electron chi connectivity index (χ0n) is 10.1. The van der Waals surface area contributed by atoms with Crippen LogP contribution in [0.2, 0.25) is 0 Å². The Balaban J connectivity index is 2.06. The van der Waals surface area contributed by atoms with E-state index in [2.05, 4.69) is 15.0 Å². The molecule has 0 saturated carbocycles. The molecule has 0 aliphatic carbocycles. The summed E-state index contributed by atoms with van der Waals surface area (Å²) in [5, 5.41) is 28.3. The molecule has 0 spiro atoms. The molecule has 108 valence electrons. The van der Waals surface area contributed by atoms with E-state index < -0.39 is 30.9 Å². The quantitative estimate of drug-likeness (QED) is 0.513. The number of aliphatic hydroxyl groups is 3. The molecule has 1 aliphatic heterocycles. The molecule has 4 atom stereocenters. The summed E-state index contributed by atoms with van der Waals surface area (Å²) in [6.45, 7) is -0.787. The van der Waals surface area contributed by atoms with E-state index in [0.29, 0.717) is 0 Å². The van der Waals surface area contributed by atoms with Gasteiger partial charge in [0.25, 0.3) is 5.85 Å². The number of hydrogen-bond acceptors (Lipinski definition) is 8. The number of aromatic nitrogens is 4. The van der Waals surface area contributed by atoms with E-state index in [0.717, 1.165) is 0 Å². The minimum atomic E-state index is -3.07. The maximum absolute atomic E-state index is 13.9. The van der Waals surface area contributed by atoms with Gasteiger partial charge >= 0.3 is 0 Å². The van der Waals surface area contributed by atoms with Crippen LogP contribution < -0.4 is 5.73 Å². The number of nitrogens with zero attached hydrogens (tertiary/aromatic N) is 4. The maximum Gasteiger partial charge on any atom is 0.266 e. The second-order valence-corrected chi connectivity index (χ2v) is 4.45. The second kappa shape index (κ2) is 4.31. The van der Waals surface area contributed by atoms with E-state index in [-0.39, 0.29) is 17.0 Å². The Morgan fingerprint density at radius 2 is 2.20 bits per heavy atom. The van der Waals surface area contributed by atoms with Gasteiger partial charge in [0.05, 0.1) is 12.9 Å². The van der Waals surface area contributed by atoms with Crippen LogP contribution in [-0.4, -0.2) is 59.5 Å². The lowest BCUT2D eigenvalue weighted by molar-refractivity contribution is -0.181. The molecule has 0 amide bonds. The van der Waals surface area contributed by atoms with Crippen LogP contribution in [0.15, 0.2) is 12.7 Å². The summed E-state index contributed by atoms with van der Waals surface area (Å²) in [5.74, 6) is -2.95. The molecule has 3 heterocycles. The summed E-state index contributed by atoms with van der Waals surface area (Å²) in [6, 6.07) is 0. The molecular weight excluding hydrogens is 273 g/mol. The smallest absolute Gasteiger partial charge is 0.266 e. The minimum absolute atomic E-state index is 0.121. The number of ether oxygens (including phenoxy) is 1. The Hall–Kier alpha value is -1.88. The van der Waals surface area contributed by atoms with Crippen LogP contribution in [0.4, 0.5) is 10.2 Å². The molecule has 20 heavy (non-hydrogen) atoms. The molecule has 1 aliphatic rings. The predicted octanol–water partition coefficient (Wildman–Crippen LogP) is -1.68. The number of alkyl halides is 1. The van der Waals surface area contributed by atoms with Gasteiger partial charge in [-0.3, -0.25) is 4.57 Å². The number of rotatable bonds is 2. The van der Waals surface area contributed by atoms with Crippen LogP contribution in [0.25, 0.3) is 11.2 Å². The van der Waals surface area contributed by atoms with Crippen molar-refractivity contribution < 1.29 is 24.4 Å². The number of nitrogen functional groups attached to an aromatic ring is 1. The molecular formula is C10H12FN5O4. The SMILES string of the molecule is Nc1ncnc2c1ncn2[C@@H]1O[C@H](CO)[C@](O)(F)[C@H]1O. The molecule has 2 aromatic heterocycles. The summed E-state index contributed by atoms with van der Waals surface area (Å²) < 4.78 is 20.3. The lowest BCUT2D eigenvalue weighted by Gasteiger charge is -2.20. The fourth-order valence-electron chi connectivity index (χ4n) is 2.17. The van der Waals surface area contributed by atoms with Crippen molar-refractivity contribution in [1.82, 2.24) is 19.5 Å². The van der Waals surface area contributed by atoms with Gasteiger partial charge in [0.2, 0.25) is 0 Å². The first kappa shape index (κ1) is 13.1. The highest BCUT2D eigenvalue weighted by Gasteiger charge is 2.57. The van der Waals surface area contributed by atoms with E-state index in [1.807, 2.05) is 0 Å². The van der Waals surface area contributed by atoms with Gasteiger partial charge in [-0.05, 0) is 0 Å². The largest absolute Gasteiger partial charge is 0.393 e. The highest BCUT2D eigenvalue weighted by atomic mass is 19.2. The average Bonchev–Trinajstić information content (AvgIpc) is 2.92. The van der Waals surface area contributed by atoms with Crippen molar-refractivity contribution in [2.75, 3.05) is 12.3 Å². The Morgan fingerprint density at radius 3 is 2.85 bits per heavy atom. The third-order valence-corrected chi connectivity index (χ3v) is 3.27. The second-order valence-electron chi connectivity index (χ2n) is 4.45. The van der Waals surface area contributed by atoms with E-state index >= 15 is 0 Å². The number of halogens is 1. The van der Waals surface area contributed by atoms with E-state index in [9.17, 15) is 14.6 Å². The van der Waals surface area contributed by atoms with Gasteiger partial charge in [-0.1, -0.05) is 0 Å². The molecule has 3 rings (SSSR count). The van der Waals surface area contributed by atoms with Gasteiger partial charge < -0.3 is 25.8 Å². The fourth-order valence-corrected chi connectivity index (χ4v) is 2.17. The van der Waals surface area contributed by atoms with Gasteiger partial charge in [0.1, 0.15) is 17.9 Å². The Morgan fingerprint density at radius 1 is 1.45 bits per heavy atom. The molecule has 10 heteroatoms. The van der Waals surface area contributed by atoms with Crippen LogP contribution in [0.3, 0.4) is 0 Å². The van der Waals surface area contributed by atoms with Gasteiger partial charge in [-0.15, -0.1) is 0 Å². The number of nitrogens with two attached hydrogens (primary N) is 1. The van der Waals surface area contributed by atoms with Crippen LogP contribution in [0, 0.1) is 0 Å². The number of anilines is 1. The van der Waals surface area contributed by atoms with Gasteiger partial charge in [-0.25, -0.2) is 19.3 Å². The number of imidazole rings is 1. The third kappa shape index (κ3) is 1.66. The zero-order chi connectivity index (χ0) is 14.5. The molecule has 0 radical (unpaired) electrons. The fraction of sp³-hybridized carbons (Fsp3) is 0.500. The molecule has 1 saturated heterocycles. The van der Waals surface area contributed by atoms with Gasteiger partial charge in [-0.2, -0.15) is 0 Å². The average molecular weight is 285 g/mol. The van der Waals surface area contributed by atoms with E-state index in [1.54, 1.807) is 0 Å². The van der Waals surface area contributed by atoms with Crippen LogP contribution >= 0.6 is 0 Å². The summed E-state index contributed by atoms with van der Waals surface area (Å²) >= 11 is 0. The van der Waals surface area contributed by atoms with Crippen molar-refractivity contribution in [3.8, 4) is 0 Å². The van der Waals surface area contributed by atoms with Crippen molar-refractivity contribution in [3.05, 3.63) is 12.7 Å². The normalized spacial score (nSPS) is 33.9. The summed E-state index contributed by atoms with van der Waals surface area (Å²) in [4.78, 5) is 11.6. The van der Waals surface area contributed by atoms with Crippen LogP contribution in [-0.2, 0) is 4.74 Å². The first-order valence-corrected chi connectivity index (χ1v) is 5.75. The zero-order valence-corrected chi connectivity index (χ0v) is 10.1. The summed E-state index contributed by atoms with van der Waals surface area (Å²) in [7, 11) is 0. The van der Waals surface area contributed by atoms with E-state index in [1.165, 1.54) is 17.2 Å². The third-order valence-electron chi connectivity index (χ3n) is 3.27. The monoisotopic (exact) mass is 285 g/mol. The van der Waals surface area contributed by atoms with E-state index in [4.69, 9.17) is 15.6 Å². The maximum atomic E-state index is 13.9. The van der Waals surface area contributed by atoms with Crippen molar-refractivity contribution in [2.24, 2.45) is 0 Å². The molecule has 9 nitrogen and oxygen atoms in total. The lowest BCUT2D eigenvalue weighted by Crippen LogP contribution is -2.44. The first-order valence-electron chi connectivity index (χ1n) is 5.75. The number of aliphatic hydroxyl groups excluding tert-OH is 2. The lowest BCUT2D eigenvalue weighted by atomic mass is 10.1. The minimum Gasteiger partial charge on any atom is -0.393 e. The Kier molecular flexibility index (Phi) is 2.83. The highest BCUT2D eigenvalue weighted by molar-refractivity contribution is 5.81. The molecule has 1 fully saturated rings. The molecule has 0 unspecified atom stereocenters. The molecule has 2 aromatic rings.